The van der Waals surface area contributed by atoms with Gasteiger partial charge in [0.15, 0.2) is 0 Å². The molecular weight excluding hydrogens is 384 g/mol. The molecular formula is C22H26N4O2S. The molecule has 6 nitrogen and oxygen atoms in total. The number of nitrogens with zero attached hydrogens (tertiary/aromatic N) is 2. The van der Waals surface area contributed by atoms with Gasteiger partial charge in [0.2, 0.25) is 0 Å². The van der Waals surface area contributed by atoms with Crippen LogP contribution in [-0.2, 0) is 16.6 Å². The molecule has 3 aromatic rings. The van der Waals surface area contributed by atoms with Gasteiger partial charge in [-0.3, -0.25) is 9.59 Å². The summed E-state index contributed by atoms with van der Waals surface area (Å²) in [4.78, 5) is 27.7. The molecule has 1 aromatic heterocycles. The number of amides is 2. The van der Waals surface area contributed by atoms with Crippen molar-refractivity contribution in [1.82, 2.24) is 14.8 Å². The Morgan fingerprint density at radius 3 is 2.48 bits per heavy atom. The summed E-state index contributed by atoms with van der Waals surface area (Å²) in [7, 11) is 5.94. The number of fused-ring (bicyclic) bond motifs is 1. The van der Waals surface area contributed by atoms with Gasteiger partial charge in [0.05, 0.1) is 11.7 Å². The van der Waals surface area contributed by atoms with Gasteiger partial charge in [-0.1, -0.05) is 30.3 Å². The molecule has 0 spiro atoms. The number of para-hydroxylation sites is 2. The lowest BCUT2D eigenvalue weighted by Gasteiger charge is -2.24. The summed E-state index contributed by atoms with van der Waals surface area (Å²) < 4.78 is 2.08. The van der Waals surface area contributed by atoms with E-state index < -0.39 is 11.8 Å². The highest BCUT2D eigenvalue weighted by Crippen LogP contribution is 2.28. The van der Waals surface area contributed by atoms with E-state index in [4.69, 9.17) is 0 Å². The molecule has 0 radical (unpaired) electrons. The second-order valence-electron chi connectivity index (χ2n) is 7.06. The van der Waals surface area contributed by atoms with Gasteiger partial charge < -0.3 is 20.1 Å². The van der Waals surface area contributed by atoms with Crippen LogP contribution in [0.15, 0.2) is 59.6 Å². The maximum atomic E-state index is 12.4. The number of nitrogens with one attached hydrogen (secondary N) is 2. The maximum absolute atomic E-state index is 12.4. The van der Waals surface area contributed by atoms with Crippen molar-refractivity contribution in [2.24, 2.45) is 7.05 Å². The Morgan fingerprint density at radius 2 is 1.76 bits per heavy atom. The number of benzene rings is 2. The molecule has 0 aliphatic rings. The van der Waals surface area contributed by atoms with Crippen LogP contribution in [0.5, 0.6) is 0 Å². The van der Waals surface area contributed by atoms with Crippen molar-refractivity contribution in [3.63, 3.8) is 0 Å². The minimum absolute atomic E-state index is 0.0590. The van der Waals surface area contributed by atoms with Crippen molar-refractivity contribution in [3.8, 4) is 0 Å². The Labute approximate surface area is 175 Å². The minimum Gasteiger partial charge on any atom is -0.350 e. The van der Waals surface area contributed by atoms with Gasteiger partial charge >= 0.3 is 11.8 Å². The van der Waals surface area contributed by atoms with Crippen LogP contribution in [0.2, 0.25) is 0 Å². The van der Waals surface area contributed by atoms with E-state index in [2.05, 4.69) is 33.5 Å². The number of aromatic nitrogens is 1. The van der Waals surface area contributed by atoms with Crippen LogP contribution in [0, 0.1) is 0 Å². The summed E-state index contributed by atoms with van der Waals surface area (Å²) in [5.41, 5.74) is 2.88. The first-order valence-electron chi connectivity index (χ1n) is 9.35. The van der Waals surface area contributed by atoms with E-state index in [1.54, 1.807) is 6.07 Å². The van der Waals surface area contributed by atoms with Crippen LogP contribution in [0.25, 0.3) is 10.9 Å². The zero-order valence-corrected chi connectivity index (χ0v) is 17.9. The molecule has 0 unspecified atom stereocenters. The molecule has 1 heterocycles. The van der Waals surface area contributed by atoms with E-state index in [0.717, 1.165) is 21.4 Å². The number of aryl methyl sites for hydroxylation is 1. The zero-order chi connectivity index (χ0) is 21.0. The van der Waals surface area contributed by atoms with Crippen molar-refractivity contribution in [3.05, 3.63) is 60.3 Å². The predicted molar refractivity (Wildman–Crippen MR) is 119 cm³/mol. The van der Waals surface area contributed by atoms with Crippen LogP contribution in [-0.4, -0.2) is 48.2 Å². The lowest BCUT2D eigenvalue weighted by molar-refractivity contribution is -0.136. The fraction of sp³-hybridized carbons (Fsp3) is 0.273. The van der Waals surface area contributed by atoms with Crippen molar-refractivity contribution in [1.29, 1.82) is 0 Å². The van der Waals surface area contributed by atoms with Gasteiger partial charge in [0, 0.05) is 35.6 Å². The summed E-state index contributed by atoms with van der Waals surface area (Å²) in [5.74, 6) is -1.31. The van der Waals surface area contributed by atoms with Gasteiger partial charge in [-0.2, -0.15) is 0 Å². The van der Waals surface area contributed by atoms with E-state index in [1.807, 2.05) is 62.6 Å². The van der Waals surface area contributed by atoms with Crippen LogP contribution >= 0.6 is 11.8 Å². The van der Waals surface area contributed by atoms with Gasteiger partial charge in [-0.25, -0.2) is 0 Å². The molecule has 0 saturated heterocycles. The Bertz CT molecular complexity index is 1030. The average molecular weight is 411 g/mol. The molecule has 0 aliphatic heterocycles. The summed E-state index contributed by atoms with van der Waals surface area (Å²) in [6.45, 7) is 0.331. The first-order chi connectivity index (χ1) is 13.9. The normalized spacial score (nSPS) is 12.2. The minimum atomic E-state index is -0.665. The van der Waals surface area contributed by atoms with Crippen LogP contribution in [0.4, 0.5) is 5.69 Å². The molecule has 2 N–H and O–H groups in total. The number of hydrogen-bond acceptors (Lipinski definition) is 4. The number of rotatable bonds is 6. The standard InChI is InChI=1S/C22H26N4O2S/c1-25(2)19(16-14-26(3)18-11-7-5-9-15(16)18)13-23-21(27)22(28)24-17-10-6-8-12-20(17)29-4/h5-12,14,19H,13H2,1-4H3,(H,23,27)(H,24,28)/t19-/m1/s1. The first-order valence-corrected chi connectivity index (χ1v) is 10.6. The largest absolute Gasteiger partial charge is 0.350 e. The Hall–Kier alpha value is -2.77. The number of anilines is 1. The molecule has 0 bridgehead atoms. The van der Waals surface area contributed by atoms with E-state index in [0.29, 0.717) is 12.2 Å². The average Bonchev–Trinajstić information content (AvgIpc) is 3.05. The quantitative estimate of drug-likeness (QED) is 0.484. The molecule has 0 aliphatic carbocycles. The summed E-state index contributed by atoms with van der Waals surface area (Å²) in [6.07, 6.45) is 4.01. The topological polar surface area (TPSA) is 66.4 Å². The van der Waals surface area contributed by atoms with Crippen molar-refractivity contribution >= 4 is 40.2 Å². The number of likely N-dealkylation sites (N-methyl/N-ethyl adjacent to an activating group) is 1. The zero-order valence-electron chi connectivity index (χ0n) is 17.1. The fourth-order valence-electron chi connectivity index (χ4n) is 3.41. The summed E-state index contributed by atoms with van der Waals surface area (Å²) >= 11 is 1.52. The van der Waals surface area contributed by atoms with Crippen molar-refractivity contribution < 1.29 is 9.59 Å². The van der Waals surface area contributed by atoms with Gasteiger partial charge in [-0.15, -0.1) is 11.8 Å². The highest BCUT2D eigenvalue weighted by Gasteiger charge is 2.22. The number of carbonyl (C=O) groups excluding carboxylic acids is 2. The smallest absolute Gasteiger partial charge is 0.313 e. The van der Waals surface area contributed by atoms with Crippen LogP contribution in [0.1, 0.15) is 11.6 Å². The highest BCUT2D eigenvalue weighted by molar-refractivity contribution is 7.98. The Kier molecular flexibility index (Phi) is 6.61. The van der Waals surface area contributed by atoms with Crippen molar-refractivity contribution in [2.75, 3.05) is 32.2 Å². The molecule has 152 valence electrons. The SMILES string of the molecule is CSc1ccccc1NC(=O)C(=O)NC[C@H](c1cn(C)c2ccccc12)N(C)C. The Morgan fingerprint density at radius 1 is 1.07 bits per heavy atom. The monoisotopic (exact) mass is 410 g/mol. The summed E-state index contributed by atoms with van der Waals surface area (Å²) in [5, 5.41) is 6.62. The van der Waals surface area contributed by atoms with E-state index >= 15 is 0 Å². The van der Waals surface area contributed by atoms with Crippen LogP contribution < -0.4 is 10.6 Å². The van der Waals surface area contributed by atoms with E-state index in [-0.39, 0.29) is 6.04 Å². The predicted octanol–water partition coefficient (Wildman–Crippen LogP) is 3.26. The van der Waals surface area contributed by atoms with Gasteiger partial charge in [0.1, 0.15) is 0 Å². The number of hydrogen-bond donors (Lipinski definition) is 2. The molecule has 2 amide bonds. The molecule has 7 heteroatoms. The van der Waals surface area contributed by atoms with Gasteiger partial charge in [0.25, 0.3) is 0 Å². The number of thioether (sulfide) groups is 1. The van der Waals surface area contributed by atoms with E-state index in [1.165, 1.54) is 11.8 Å². The highest BCUT2D eigenvalue weighted by atomic mass is 32.2. The number of carbonyl (C=O) groups is 2. The third-order valence-corrected chi connectivity index (χ3v) is 5.72. The molecule has 3 rings (SSSR count). The molecule has 1 atom stereocenters. The van der Waals surface area contributed by atoms with E-state index in [9.17, 15) is 9.59 Å². The molecule has 0 fully saturated rings. The maximum Gasteiger partial charge on any atom is 0.313 e. The molecule has 29 heavy (non-hydrogen) atoms. The van der Waals surface area contributed by atoms with Crippen molar-refractivity contribution in [2.45, 2.75) is 10.9 Å². The third kappa shape index (κ3) is 4.63. The van der Waals surface area contributed by atoms with Crippen LogP contribution in [0.3, 0.4) is 0 Å². The fourth-order valence-corrected chi connectivity index (χ4v) is 3.96. The molecule has 2 aromatic carbocycles. The summed E-state index contributed by atoms with van der Waals surface area (Å²) in [6, 6.07) is 15.5. The first kappa shape index (κ1) is 21.0. The lowest BCUT2D eigenvalue weighted by atomic mass is 10.0. The van der Waals surface area contributed by atoms with Gasteiger partial charge in [-0.05, 0) is 44.1 Å². The lowest BCUT2D eigenvalue weighted by Crippen LogP contribution is -2.40. The third-order valence-electron chi connectivity index (χ3n) is 4.93. The Balaban J connectivity index is 1.72. The second kappa shape index (κ2) is 9.15. The molecule has 0 saturated carbocycles. The second-order valence-corrected chi connectivity index (χ2v) is 7.90.